The Balaban J connectivity index is 1.63. The first-order valence-electron chi connectivity index (χ1n) is 10.9. The van der Waals surface area contributed by atoms with Crippen LogP contribution >= 0.6 is 11.8 Å². The molecule has 7 heteroatoms. The van der Waals surface area contributed by atoms with Crippen LogP contribution in [0.3, 0.4) is 0 Å². The van der Waals surface area contributed by atoms with Crippen molar-refractivity contribution in [2.45, 2.75) is 31.1 Å². The summed E-state index contributed by atoms with van der Waals surface area (Å²) in [6.45, 7) is 6.44. The summed E-state index contributed by atoms with van der Waals surface area (Å²) in [4.78, 5) is 26.2. The summed E-state index contributed by atoms with van der Waals surface area (Å²) in [7, 11) is 3.10. The van der Waals surface area contributed by atoms with Gasteiger partial charge in [0.15, 0.2) is 11.5 Å². The lowest BCUT2D eigenvalue weighted by Crippen LogP contribution is -2.16. The summed E-state index contributed by atoms with van der Waals surface area (Å²) in [6.07, 6.45) is 0. The van der Waals surface area contributed by atoms with E-state index in [4.69, 9.17) is 9.47 Å². The molecular formula is C27H30N2O4S. The van der Waals surface area contributed by atoms with Crippen molar-refractivity contribution in [2.24, 2.45) is 0 Å². The van der Waals surface area contributed by atoms with Crippen LogP contribution in [0.2, 0.25) is 0 Å². The maximum absolute atomic E-state index is 12.9. The molecule has 178 valence electrons. The van der Waals surface area contributed by atoms with Gasteiger partial charge in [-0.05, 0) is 47.4 Å². The van der Waals surface area contributed by atoms with Gasteiger partial charge in [-0.3, -0.25) is 9.59 Å². The summed E-state index contributed by atoms with van der Waals surface area (Å²) in [5.74, 6) is 0.865. The normalized spacial score (nSPS) is 11.0. The Bertz CT molecular complexity index is 1150. The van der Waals surface area contributed by atoms with Crippen molar-refractivity contribution in [2.75, 3.05) is 30.6 Å². The fourth-order valence-electron chi connectivity index (χ4n) is 3.29. The third kappa shape index (κ3) is 6.54. The van der Waals surface area contributed by atoms with Gasteiger partial charge in [-0.25, -0.2) is 0 Å². The molecule has 0 fully saturated rings. The number of rotatable bonds is 8. The average molecular weight is 479 g/mol. The highest BCUT2D eigenvalue weighted by molar-refractivity contribution is 8.00. The maximum Gasteiger partial charge on any atom is 0.256 e. The number of hydrogen-bond acceptors (Lipinski definition) is 5. The van der Waals surface area contributed by atoms with Crippen molar-refractivity contribution in [1.29, 1.82) is 0 Å². The molecular weight excluding hydrogens is 448 g/mol. The summed E-state index contributed by atoms with van der Waals surface area (Å²) >= 11 is 1.31. The van der Waals surface area contributed by atoms with Crippen LogP contribution in [0.25, 0.3) is 0 Å². The average Bonchev–Trinajstić information content (AvgIpc) is 2.82. The van der Waals surface area contributed by atoms with Gasteiger partial charge < -0.3 is 20.1 Å². The summed E-state index contributed by atoms with van der Waals surface area (Å²) in [5.41, 5.74) is 3.09. The number of thioether (sulfide) groups is 1. The lowest BCUT2D eigenvalue weighted by Gasteiger charge is -2.19. The topological polar surface area (TPSA) is 76.7 Å². The molecule has 0 aliphatic heterocycles. The van der Waals surface area contributed by atoms with Crippen LogP contribution in [-0.2, 0) is 10.2 Å². The molecule has 0 bridgehead atoms. The third-order valence-corrected chi connectivity index (χ3v) is 6.24. The van der Waals surface area contributed by atoms with Crippen LogP contribution in [-0.4, -0.2) is 31.8 Å². The predicted octanol–water partition coefficient (Wildman–Crippen LogP) is 5.98. The molecule has 2 amide bonds. The van der Waals surface area contributed by atoms with Crippen molar-refractivity contribution in [3.8, 4) is 11.5 Å². The minimum absolute atomic E-state index is 0.0449. The highest BCUT2D eigenvalue weighted by atomic mass is 32.2. The molecule has 0 unspecified atom stereocenters. The molecule has 0 saturated carbocycles. The van der Waals surface area contributed by atoms with E-state index in [9.17, 15) is 9.59 Å². The number of carbonyl (C=O) groups excluding carboxylic acids is 2. The van der Waals surface area contributed by atoms with Gasteiger partial charge in [0.1, 0.15) is 0 Å². The Morgan fingerprint density at radius 3 is 2.12 bits per heavy atom. The molecule has 0 saturated heterocycles. The molecule has 0 radical (unpaired) electrons. The first-order valence-corrected chi connectivity index (χ1v) is 11.9. The zero-order valence-corrected chi connectivity index (χ0v) is 20.9. The molecule has 0 spiro atoms. The molecule has 0 aromatic heterocycles. The largest absolute Gasteiger partial charge is 0.493 e. The molecule has 3 aromatic carbocycles. The van der Waals surface area contributed by atoms with Crippen LogP contribution in [0, 0.1) is 0 Å². The zero-order valence-electron chi connectivity index (χ0n) is 20.1. The second-order valence-electron chi connectivity index (χ2n) is 8.68. The van der Waals surface area contributed by atoms with Crippen LogP contribution in [0.5, 0.6) is 11.5 Å². The van der Waals surface area contributed by atoms with Crippen molar-refractivity contribution in [1.82, 2.24) is 0 Å². The van der Waals surface area contributed by atoms with E-state index in [1.165, 1.54) is 17.3 Å². The predicted molar refractivity (Wildman–Crippen MR) is 138 cm³/mol. The molecule has 0 heterocycles. The Morgan fingerprint density at radius 2 is 1.47 bits per heavy atom. The van der Waals surface area contributed by atoms with Crippen LogP contribution in [0.1, 0.15) is 36.7 Å². The standard InChI is InChI=1S/C27H30N2O4S/c1-27(2,3)18-10-12-19(13-11-18)29-26(31)21-8-6-7-9-24(21)34-17-25(30)28-20-14-15-22(32-4)23(16-20)33-5/h6-16H,17H2,1-5H3,(H,28,30)(H,29,31). The van der Waals surface area contributed by atoms with Crippen molar-refractivity contribution in [3.05, 3.63) is 77.9 Å². The summed E-state index contributed by atoms with van der Waals surface area (Å²) in [5, 5.41) is 5.80. The number of carbonyl (C=O) groups is 2. The number of hydrogen-bond donors (Lipinski definition) is 2. The molecule has 34 heavy (non-hydrogen) atoms. The molecule has 2 N–H and O–H groups in total. The molecule has 0 aliphatic carbocycles. The summed E-state index contributed by atoms with van der Waals surface area (Å²) in [6, 6.07) is 20.3. The van der Waals surface area contributed by atoms with E-state index in [1.807, 2.05) is 42.5 Å². The number of anilines is 2. The molecule has 3 aromatic rings. The van der Waals surface area contributed by atoms with Crippen LogP contribution in [0.15, 0.2) is 71.6 Å². The van der Waals surface area contributed by atoms with Crippen molar-refractivity contribution in [3.63, 3.8) is 0 Å². The van der Waals surface area contributed by atoms with Gasteiger partial charge in [0.25, 0.3) is 5.91 Å². The van der Waals surface area contributed by atoms with E-state index in [1.54, 1.807) is 38.5 Å². The SMILES string of the molecule is COc1ccc(NC(=O)CSc2ccccc2C(=O)Nc2ccc(C(C)(C)C)cc2)cc1OC. The number of benzene rings is 3. The third-order valence-electron chi connectivity index (χ3n) is 5.17. The number of ether oxygens (including phenoxy) is 2. The van der Waals surface area contributed by atoms with Gasteiger partial charge in [0, 0.05) is 22.3 Å². The Hall–Kier alpha value is -3.45. The van der Waals surface area contributed by atoms with Gasteiger partial charge >= 0.3 is 0 Å². The second-order valence-corrected chi connectivity index (χ2v) is 9.70. The van der Waals surface area contributed by atoms with E-state index in [-0.39, 0.29) is 23.0 Å². The second kappa shape index (κ2) is 11.1. The Kier molecular flexibility index (Phi) is 8.23. The summed E-state index contributed by atoms with van der Waals surface area (Å²) < 4.78 is 10.5. The van der Waals surface area contributed by atoms with Gasteiger partial charge in [0.2, 0.25) is 5.91 Å². The van der Waals surface area contributed by atoms with E-state index in [0.717, 1.165) is 10.6 Å². The van der Waals surface area contributed by atoms with E-state index in [2.05, 4.69) is 31.4 Å². The van der Waals surface area contributed by atoms with Crippen LogP contribution in [0.4, 0.5) is 11.4 Å². The lowest BCUT2D eigenvalue weighted by molar-refractivity contribution is -0.113. The molecule has 0 atom stereocenters. The fraction of sp³-hybridized carbons (Fsp3) is 0.259. The fourth-order valence-corrected chi connectivity index (χ4v) is 4.14. The smallest absolute Gasteiger partial charge is 0.256 e. The van der Waals surface area contributed by atoms with Gasteiger partial charge in [-0.1, -0.05) is 45.0 Å². The van der Waals surface area contributed by atoms with E-state index < -0.39 is 0 Å². The monoisotopic (exact) mass is 478 g/mol. The first-order chi connectivity index (χ1) is 16.2. The van der Waals surface area contributed by atoms with Gasteiger partial charge in [-0.2, -0.15) is 0 Å². The van der Waals surface area contributed by atoms with Gasteiger partial charge in [-0.15, -0.1) is 11.8 Å². The maximum atomic E-state index is 12.9. The Labute approximate surface area is 205 Å². The first kappa shape index (κ1) is 25.2. The Morgan fingerprint density at radius 1 is 0.824 bits per heavy atom. The minimum Gasteiger partial charge on any atom is -0.493 e. The van der Waals surface area contributed by atoms with E-state index >= 15 is 0 Å². The number of methoxy groups -OCH3 is 2. The van der Waals surface area contributed by atoms with Crippen molar-refractivity contribution >= 4 is 35.0 Å². The lowest BCUT2D eigenvalue weighted by atomic mass is 9.87. The highest BCUT2D eigenvalue weighted by Crippen LogP contribution is 2.30. The van der Waals surface area contributed by atoms with Crippen LogP contribution < -0.4 is 20.1 Å². The number of nitrogens with one attached hydrogen (secondary N) is 2. The van der Waals surface area contributed by atoms with Crippen molar-refractivity contribution < 1.29 is 19.1 Å². The quantitative estimate of drug-likeness (QED) is 0.389. The molecule has 0 aliphatic rings. The molecule has 3 rings (SSSR count). The zero-order chi connectivity index (χ0) is 24.7. The highest BCUT2D eigenvalue weighted by Gasteiger charge is 2.16. The van der Waals surface area contributed by atoms with Gasteiger partial charge in [0.05, 0.1) is 25.5 Å². The van der Waals surface area contributed by atoms with E-state index in [0.29, 0.717) is 22.7 Å². The molecule has 6 nitrogen and oxygen atoms in total. The minimum atomic E-state index is -0.216. The number of amides is 2.